The molecule has 0 amide bonds. The zero-order chi connectivity index (χ0) is 11.4. The van der Waals surface area contributed by atoms with Crippen LogP contribution in [0.5, 0.6) is 0 Å². The zero-order valence-corrected chi connectivity index (χ0v) is 9.43. The Morgan fingerprint density at radius 1 is 1.40 bits per heavy atom. The molecule has 1 rings (SSSR count). The van der Waals surface area contributed by atoms with Gasteiger partial charge in [-0.05, 0) is 17.7 Å². The van der Waals surface area contributed by atoms with Gasteiger partial charge in [0.15, 0.2) is 6.29 Å². The van der Waals surface area contributed by atoms with E-state index in [2.05, 4.69) is 4.74 Å². The van der Waals surface area contributed by atoms with Crippen LogP contribution in [0.4, 0.5) is 0 Å². The third-order valence-electron chi connectivity index (χ3n) is 1.86. The van der Waals surface area contributed by atoms with Gasteiger partial charge in [0, 0.05) is 10.6 Å². The van der Waals surface area contributed by atoms with E-state index in [0.29, 0.717) is 22.4 Å². The minimum absolute atomic E-state index is 0.0212. The molecule has 0 spiro atoms. The SMILES string of the molecule is COC(=O)Cc1cc(C=O)c(Cl)cc1Cl. The lowest BCUT2D eigenvalue weighted by atomic mass is 10.1. The van der Waals surface area contributed by atoms with Crippen molar-refractivity contribution in [2.45, 2.75) is 6.42 Å². The minimum Gasteiger partial charge on any atom is -0.469 e. The Bertz CT molecular complexity index is 402. The van der Waals surface area contributed by atoms with Crippen molar-refractivity contribution in [1.82, 2.24) is 0 Å². The Morgan fingerprint density at radius 3 is 2.60 bits per heavy atom. The first-order valence-corrected chi connectivity index (χ1v) is 4.84. The van der Waals surface area contributed by atoms with Gasteiger partial charge in [0.25, 0.3) is 0 Å². The number of carbonyl (C=O) groups is 2. The Balaban J connectivity index is 3.07. The summed E-state index contributed by atoms with van der Waals surface area (Å²) < 4.78 is 4.49. The van der Waals surface area contributed by atoms with E-state index in [-0.39, 0.29) is 11.4 Å². The Hall–Kier alpha value is -1.06. The smallest absolute Gasteiger partial charge is 0.310 e. The van der Waals surface area contributed by atoms with Crippen LogP contribution in [0.15, 0.2) is 12.1 Å². The summed E-state index contributed by atoms with van der Waals surface area (Å²) in [5.74, 6) is -0.420. The van der Waals surface area contributed by atoms with E-state index < -0.39 is 5.97 Å². The highest BCUT2D eigenvalue weighted by atomic mass is 35.5. The number of hydrogen-bond acceptors (Lipinski definition) is 3. The predicted molar refractivity (Wildman–Crippen MR) is 57.6 cm³/mol. The van der Waals surface area contributed by atoms with Gasteiger partial charge in [0.1, 0.15) is 0 Å². The largest absolute Gasteiger partial charge is 0.469 e. The maximum Gasteiger partial charge on any atom is 0.310 e. The van der Waals surface area contributed by atoms with Crippen LogP contribution in [0.2, 0.25) is 10.0 Å². The molecule has 0 fully saturated rings. The second kappa shape index (κ2) is 5.14. The quantitative estimate of drug-likeness (QED) is 0.608. The number of ether oxygens (including phenoxy) is 1. The van der Waals surface area contributed by atoms with E-state index in [1.54, 1.807) is 0 Å². The number of aldehydes is 1. The third kappa shape index (κ3) is 2.94. The highest BCUT2D eigenvalue weighted by Gasteiger charge is 2.10. The molecule has 0 aromatic heterocycles. The number of methoxy groups -OCH3 is 1. The van der Waals surface area contributed by atoms with Crippen molar-refractivity contribution in [2.75, 3.05) is 7.11 Å². The maximum atomic E-state index is 11.0. The lowest BCUT2D eigenvalue weighted by molar-refractivity contribution is -0.139. The predicted octanol–water partition coefficient (Wildman–Crippen LogP) is 2.52. The fourth-order valence-electron chi connectivity index (χ4n) is 1.07. The van der Waals surface area contributed by atoms with E-state index in [1.807, 2.05) is 0 Å². The van der Waals surface area contributed by atoms with Gasteiger partial charge in [-0.1, -0.05) is 23.2 Å². The average molecular weight is 247 g/mol. The van der Waals surface area contributed by atoms with Crippen molar-refractivity contribution < 1.29 is 14.3 Å². The summed E-state index contributed by atoms with van der Waals surface area (Å²) in [6, 6.07) is 2.92. The van der Waals surface area contributed by atoms with Gasteiger partial charge in [-0.15, -0.1) is 0 Å². The summed E-state index contributed by atoms with van der Waals surface area (Å²) in [4.78, 5) is 21.6. The van der Waals surface area contributed by atoms with Gasteiger partial charge in [-0.2, -0.15) is 0 Å². The second-order valence-electron chi connectivity index (χ2n) is 2.84. The molecule has 1 aromatic carbocycles. The van der Waals surface area contributed by atoms with Crippen LogP contribution in [-0.2, 0) is 16.0 Å². The number of esters is 1. The van der Waals surface area contributed by atoms with Crippen molar-refractivity contribution >= 4 is 35.5 Å². The van der Waals surface area contributed by atoms with Gasteiger partial charge >= 0.3 is 5.97 Å². The van der Waals surface area contributed by atoms with Crippen LogP contribution < -0.4 is 0 Å². The molecule has 0 saturated heterocycles. The van der Waals surface area contributed by atoms with Crippen molar-refractivity contribution in [2.24, 2.45) is 0 Å². The van der Waals surface area contributed by atoms with Crippen LogP contribution in [0.25, 0.3) is 0 Å². The molecule has 0 aliphatic heterocycles. The lowest BCUT2D eigenvalue weighted by Crippen LogP contribution is -2.05. The molecule has 0 heterocycles. The van der Waals surface area contributed by atoms with Crippen molar-refractivity contribution in [3.8, 4) is 0 Å². The Labute approximate surface area is 96.9 Å². The van der Waals surface area contributed by atoms with E-state index in [0.717, 1.165) is 0 Å². The number of hydrogen-bond donors (Lipinski definition) is 0. The fourth-order valence-corrected chi connectivity index (χ4v) is 1.56. The van der Waals surface area contributed by atoms with E-state index >= 15 is 0 Å². The van der Waals surface area contributed by atoms with Gasteiger partial charge in [-0.25, -0.2) is 0 Å². The number of halogens is 2. The van der Waals surface area contributed by atoms with Crippen molar-refractivity contribution in [3.63, 3.8) is 0 Å². The molecule has 0 aliphatic carbocycles. The molecule has 0 bridgehead atoms. The lowest BCUT2D eigenvalue weighted by Gasteiger charge is -2.05. The van der Waals surface area contributed by atoms with Gasteiger partial charge < -0.3 is 4.74 Å². The third-order valence-corrected chi connectivity index (χ3v) is 2.53. The number of rotatable bonds is 3. The standard InChI is InChI=1S/C10H8Cl2O3/c1-15-10(14)3-6-2-7(5-13)9(12)4-8(6)11/h2,4-5H,3H2,1H3. The molecule has 0 N–H and O–H groups in total. The molecule has 15 heavy (non-hydrogen) atoms. The summed E-state index contributed by atoms with van der Waals surface area (Å²) in [5.41, 5.74) is 0.829. The molecular weight excluding hydrogens is 239 g/mol. The first kappa shape index (κ1) is 12.0. The summed E-state index contributed by atoms with van der Waals surface area (Å²) in [6.45, 7) is 0. The molecule has 0 saturated carbocycles. The normalized spacial score (nSPS) is 9.80. The van der Waals surface area contributed by atoms with Crippen LogP contribution >= 0.6 is 23.2 Å². The second-order valence-corrected chi connectivity index (χ2v) is 3.65. The molecule has 5 heteroatoms. The minimum atomic E-state index is -0.420. The Kier molecular flexibility index (Phi) is 4.12. The van der Waals surface area contributed by atoms with E-state index in [9.17, 15) is 9.59 Å². The molecular formula is C10H8Cl2O3. The van der Waals surface area contributed by atoms with Gasteiger partial charge in [-0.3, -0.25) is 9.59 Å². The van der Waals surface area contributed by atoms with Crippen molar-refractivity contribution in [3.05, 3.63) is 33.3 Å². The van der Waals surface area contributed by atoms with Gasteiger partial charge in [0.2, 0.25) is 0 Å². The molecule has 0 aliphatic rings. The molecule has 0 unspecified atom stereocenters. The first-order chi connectivity index (χ1) is 7.08. The summed E-state index contributed by atoms with van der Waals surface area (Å²) >= 11 is 11.6. The highest BCUT2D eigenvalue weighted by Crippen LogP contribution is 2.24. The number of benzene rings is 1. The summed E-state index contributed by atoms with van der Waals surface area (Å²) in [6.07, 6.45) is 0.632. The molecule has 0 radical (unpaired) electrons. The van der Waals surface area contributed by atoms with Crippen LogP contribution in [-0.4, -0.2) is 19.4 Å². The van der Waals surface area contributed by atoms with Gasteiger partial charge in [0.05, 0.1) is 18.6 Å². The zero-order valence-electron chi connectivity index (χ0n) is 7.92. The average Bonchev–Trinajstić information content (AvgIpc) is 2.21. The highest BCUT2D eigenvalue weighted by molar-refractivity contribution is 6.36. The number of carbonyl (C=O) groups excluding carboxylic acids is 2. The van der Waals surface area contributed by atoms with Crippen molar-refractivity contribution in [1.29, 1.82) is 0 Å². The molecule has 80 valence electrons. The van der Waals surface area contributed by atoms with E-state index in [4.69, 9.17) is 23.2 Å². The van der Waals surface area contributed by atoms with Crippen LogP contribution in [0, 0.1) is 0 Å². The Morgan fingerprint density at radius 2 is 2.07 bits per heavy atom. The molecule has 0 atom stereocenters. The molecule has 1 aromatic rings. The maximum absolute atomic E-state index is 11.0. The van der Waals surface area contributed by atoms with Crippen LogP contribution in [0.1, 0.15) is 15.9 Å². The fraction of sp³-hybridized carbons (Fsp3) is 0.200. The molecule has 3 nitrogen and oxygen atoms in total. The van der Waals surface area contributed by atoms with E-state index in [1.165, 1.54) is 19.2 Å². The first-order valence-electron chi connectivity index (χ1n) is 4.08. The summed E-state index contributed by atoms with van der Waals surface area (Å²) in [5, 5.41) is 0.611. The monoisotopic (exact) mass is 246 g/mol. The summed E-state index contributed by atoms with van der Waals surface area (Å²) in [7, 11) is 1.28. The van der Waals surface area contributed by atoms with Crippen LogP contribution in [0.3, 0.4) is 0 Å². The topological polar surface area (TPSA) is 43.4 Å².